The molecule has 2 aliphatic rings. The van der Waals surface area contributed by atoms with Crippen LogP contribution in [0.25, 0.3) is 0 Å². The minimum absolute atomic E-state index is 0.00859. The Morgan fingerprint density at radius 1 is 1.30 bits per heavy atom. The van der Waals surface area contributed by atoms with Crippen molar-refractivity contribution in [1.29, 1.82) is 0 Å². The zero-order valence-electron chi connectivity index (χ0n) is 16.6. The fourth-order valence-electron chi connectivity index (χ4n) is 3.40. The molecule has 30 heavy (non-hydrogen) atoms. The van der Waals surface area contributed by atoms with E-state index in [1.165, 1.54) is 0 Å². The molecule has 7 nitrogen and oxygen atoms in total. The largest absolute Gasteiger partial charge is 0.495 e. The Morgan fingerprint density at radius 3 is 2.50 bits per heavy atom. The van der Waals surface area contributed by atoms with Crippen LogP contribution in [-0.2, 0) is 9.53 Å². The average Bonchev–Trinajstić information content (AvgIpc) is 2.98. The number of amides is 1. The number of nitrogens with zero attached hydrogens (tertiary/aromatic N) is 2. The van der Waals surface area contributed by atoms with Gasteiger partial charge in [-0.15, -0.1) is 0 Å². The number of carbonyl (C=O) groups is 2. The third-order valence-electron chi connectivity index (χ3n) is 4.99. The highest BCUT2D eigenvalue weighted by atomic mass is 35.5. The highest BCUT2D eigenvalue weighted by Gasteiger charge is 2.39. The fraction of sp³-hybridized carbons (Fsp3) is 0.579. The summed E-state index contributed by atoms with van der Waals surface area (Å²) < 4.78 is 42.8. The number of aliphatic carboxylic acids is 1. The second-order valence-electron chi connectivity index (χ2n) is 6.92. The van der Waals surface area contributed by atoms with Crippen LogP contribution in [0.1, 0.15) is 17.3 Å². The van der Waals surface area contributed by atoms with Crippen LogP contribution in [-0.4, -0.2) is 85.5 Å². The lowest BCUT2D eigenvalue weighted by Gasteiger charge is -2.21. The summed E-state index contributed by atoms with van der Waals surface area (Å²) in [7, 11) is 1.56. The van der Waals surface area contributed by atoms with Gasteiger partial charge in [-0.25, -0.2) is 4.79 Å². The maximum atomic E-state index is 12.7. The highest BCUT2D eigenvalue weighted by Crippen LogP contribution is 2.28. The van der Waals surface area contributed by atoms with E-state index >= 15 is 0 Å². The average molecular weight is 453 g/mol. The van der Waals surface area contributed by atoms with Crippen LogP contribution in [0, 0.1) is 5.92 Å². The Hall–Kier alpha value is -2.04. The lowest BCUT2D eigenvalue weighted by molar-refractivity contribution is -0.192. The quantitative estimate of drug-likeness (QED) is 0.759. The summed E-state index contributed by atoms with van der Waals surface area (Å²) >= 11 is 6.13. The van der Waals surface area contributed by atoms with E-state index in [1.54, 1.807) is 25.3 Å². The van der Waals surface area contributed by atoms with Crippen molar-refractivity contribution < 1.29 is 37.3 Å². The van der Waals surface area contributed by atoms with E-state index in [2.05, 4.69) is 11.8 Å². The van der Waals surface area contributed by atoms with Crippen LogP contribution in [0.5, 0.6) is 5.75 Å². The van der Waals surface area contributed by atoms with Crippen LogP contribution in [0.15, 0.2) is 18.2 Å². The number of ether oxygens (including phenoxy) is 2. The number of hydrogen-bond acceptors (Lipinski definition) is 5. The summed E-state index contributed by atoms with van der Waals surface area (Å²) in [5, 5.41) is 7.58. The van der Waals surface area contributed by atoms with Crippen molar-refractivity contribution >= 4 is 23.5 Å². The molecule has 2 atom stereocenters. The van der Waals surface area contributed by atoms with Crippen molar-refractivity contribution in [3.63, 3.8) is 0 Å². The molecule has 0 saturated carbocycles. The SMILES string of the molecule is CCN1CCO[C@@H]2CN(C(=O)c3ccc(OC)c(Cl)c3)C[C@@H]2C1.O=C(O)C(F)(F)F. The molecule has 1 N–H and O–H groups in total. The normalized spacial score (nSPS) is 21.9. The minimum atomic E-state index is -5.08. The lowest BCUT2D eigenvalue weighted by atomic mass is 10.1. The fourth-order valence-corrected chi connectivity index (χ4v) is 3.65. The van der Waals surface area contributed by atoms with E-state index in [1.807, 2.05) is 4.90 Å². The number of hydrogen-bond donors (Lipinski definition) is 1. The van der Waals surface area contributed by atoms with Gasteiger partial charge in [0.15, 0.2) is 0 Å². The first-order valence-electron chi connectivity index (χ1n) is 9.33. The smallest absolute Gasteiger partial charge is 0.490 e. The molecule has 1 aromatic rings. The first-order valence-corrected chi connectivity index (χ1v) is 9.71. The molecule has 0 spiro atoms. The van der Waals surface area contributed by atoms with Crippen molar-refractivity contribution in [2.75, 3.05) is 46.4 Å². The van der Waals surface area contributed by atoms with Gasteiger partial charge in [-0.05, 0) is 24.7 Å². The zero-order chi connectivity index (χ0) is 22.5. The van der Waals surface area contributed by atoms with Crippen molar-refractivity contribution in [2.24, 2.45) is 5.92 Å². The third-order valence-corrected chi connectivity index (χ3v) is 5.28. The number of methoxy groups -OCH3 is 1. The van der Waals surface area contributed by atoms with Gasteiger partial charge in [0.25, 0.3) is 5.91 Å². The number of carboxylic acids is 1. The summed E-state index contributed by atoms with van der Waals surface area (Å²) in [6.45, 7) is 7.30. The molecule has 1 aromatic carbocycles. The molecule has 168 valence electrons. The summed E-state index contributed by atoms with van der Waals surface area (Å²) in [6.07, 6.45) is -4.94. The van der Waals surface area contributed by atoms with E-state index in [-0.39, 0.29) is 12.0 Å². The van der Waals surface area contributed by atoms with E-state index in [9.17, 15) is 18.0 Å². The molecule has 1 amide bonds. The van der Waals surface area contributed by atoms with Crippen LogP contribution < -0.4 is 4.74 Å². The Balaban J connectivity index is 0.000000396. The van der Waals surface area contributed by atoms with Crippen LogP contribution in [0.2, 0.25) is 5.02 Å². The zero-order valence-corrected chi connectivity index (χ0v) is 17.4. The van der Waals surface area contributed by atoms with Gasteiger partial charge in [-0.2, -0.15) is 13.2 Å². The molecule has 0 radical (unpaired) electrons. The van der Waals surface area contributed by atoms with E-state index in [4.69, 9.17) is 31.0 Å². The molecule has 0 unspecified atom stereocenters. The number of fused-ring (bicyclic) bond motifs is 1. The van der Waals surface area contributed by atoms with Gasteiger partial charge < -0.3 is 24.4 Å². The molecule has 2 fully saturated rings. The van der Waals surface area contributed by atoms with E-state index in [0.717, 1.165) is 32.8 Å². The van der Waals surface area contributed by atoms with Crippen molar-refractivity contribution in [2.45, 2.75) is 19.2 Å². The van der Waals surface area contributed by atoms with Crippen molar-refractivity contribution in [1.82, 2.24) is 9.80 Å². The lowest BCUT2D eigenvalue weighted by Crippen LogP contribution is -2.33. The molecule has 2 saturated heterocycles. The first kappa shape index (κ1) is 24.2. The number of halogens is 4. The topological polar surface area (TPSA) is 79.3 Å². The number of alkyl halides is 3. The summed E-state index contributed by atoms with van der Waals surface area (Å²) in [4.78, 5) is 25.9. The monoisotopic (exact) mass is 452 g/mol. The molecule has 2 heterocycles. The van der Waals surface area contributed by atoms with Crippen LogP contribution in [0.3, 0.4) is 0 Å². The summed E-state index contributed by atoms with van der Waals surface area (Å²) in [6, 6.07) is 5.18. The van der Waals surface area contributed by atoms with Gasteiger partial charge in [-0.3, -0.25) is 4.79 Å². The van der Waals surface area contributed by atoms with Gasteiger partial charge in [0.1, 0.15) is 5.75 Å². The molecular formula is C19H24ClF3N2O5. The van der Waals surface area contributed by atoms with Crippen LogP contribution in [0.4, 0.5) is 13.2 Å². The molecule has 0 aromatic heterocycles. The van der Waals surface area contributed by atoms with Gasteiger partial charge in [0, 0.05) is 37.7 Å². The predicted octanol–water partition coefficient (Wildman–Crippen LogP) is 2.77. The highest BCUT2D eigenvalue weighted by molar-refractivity contribution is 6.32. The standard InChI is InChI=1S/C17H23ClN2O3.C2HF3O2/c1-3-19-6-7-23-16-11-20(10-13(16)9-19)17(21)12-4-5-15(22-2)14(18)8-12;3-2(4,5)1(6)7/h4-5,8,13,16H,3,6-7,9-11H2,1-2H3;(H,6,7)/t13-,16+;/m0./s1. The van der Waals surface area contributed by atoms with E-state index in [0.29, 0.717) is 28.8 Å². The maximum Gasteiger partial charge on any atom is 0.490 e. The molecule has 0 bridgehead atoms. The second-order valence-corrected chi connectivity index (χ2v) is 7.33. The van der Waals surface area contributed by atoms with Gasteiger partial charge in [0.05, 0.1) is 24.8 Å². The van der Waals surface area contributed by atoms with Gasteiger partial charge in [0.2, 0.25) is 0 Å². The third kappa shape index (κ3) is 6.23. The minimum Gasteiger partial charge on any atom is -0.495 e. The maximum absolute atomic E-state index is 12.7. The Kier molecular flexibility index (Phi) is 8.34. The van der Waals surface area contributed by atoms with Crippen molar-refractivity contribution in [3.8, 4) is 5.75 Å². The molecular weight excluding hydrogens is 429 g/mol. The van der Waals surface area contributed by atoms with Crippen LogP contribution >= 0.6 is 11.6 Å². The number of likely N-dealkylation sites (tertiary alicyclic amines) is 1. The summed E-state index contributed by atoms with van der Waals surface area (Å²) in [5.74, 6) is -1.78. The molecule has 3 rings (SSSR count). The molecule has 2 aliphatic heterocycles. The predicted molar refractivity (Wildman–Crippen MR) is 103 cm³/mol. The van der Waals surface area contributed by atoms with Gasteiger partial charge >= 0.3 is 12.1 Å². The Labute approximate surface area is 177 Å². The molecule has 0 aliphatic carbocycles. The van der Waals surface area contributed by atoms with E-state index < -0.39 is 12.1 Å². The number of benzene rings is 1. The second kappa shape index (κ2) is 10.3. The number of likely N-dealkylation sites (N-methyl/N-ethyl adjacent to an activating group) is 1. The Morgan fingerprint density at radius 2 is 1.97 bits per heavy atom. The van der Waals surface area contributed by atoms with Gasteiger partial charge in [-0.1, -0.05) is 18.5 Å². The number of carbonyl (C=O) groups excluding carboxylic acids is 1. The Bertz CT molecular complexity index is 762. The molecule has 11 heteroatoms. The summed E-state index contributed by atoms with van der Waals surface area (Å²) in [5.41, 5.74) is 0.597. The number of rotatable bonds is 3. The first-order chi connectivity index (χ1) is 14.1. The van der Waals surface area contributed by atoms with Crippen molar-refractivity contribution in [3.05, 3.63) is 28.8 Å². The number of carboxylic acid groups (broad SMARTS) is 1.